The van der Waals surface area contributed by atoms with Crippen molar-refractivity contribution in [3.05, 3.63) is 26.3 Å². The minimum Gasteiger partial charge on any atom is -0.366 e. The molecule has 110 valence electrons. The van der Waals surface area contributed by atoms with E-state index in [-0.39, 0.29) is 5.69 Å². The highest BCUT2D eigenvalue weighted by atomic mass is 79.9. The lowest BCUT2D eigenvalue weighted by Gasteiger charge is -2.35. The van der Waals surface area contributed by atoms with E-state index in [4.69, 9.17) is 0 Å². The number of halogens is 1. The quantitative estimate of drug-likeness (QED) is 0.657. The van der Waals surface area contributed by atoms with E-state index in [1.54, 1.807) is 6.92 Å². The zero-order valence-electron chi connectivity index (χ0n) is 12.0. The van der Waals surface area contributed by atoms with Crippen molar-refractivity contribution in [3.8, 4) is 0 Å². The summed E-state index contributed by atoms with van der Waals surface area (Å²) in [6, 6.07) is 0.378. The highest BCUT2D eigenvalue weighted by molar-refractivity contribution is 9.10. The van der Waals surface area contributed by atoms with Crippen LogP contribution in [-0.2, 0) is 0 Å². The predicted octanol–water partition coefficient (Wildman–Crippen LogP) is 4.30. The van der Waals surface area contributed by atoms with E-state index in [9.17, 15) is 10.1 Å². The average Bonchev–Trinajstić information content (AvgIpc) is 2.40. The van der Waals surface area contributed by atoms with Gasteiger partial charge < -0.3 is 5.32 Å². The Hall–Kier alpha value is -1.17. The molecule has 0 aliphatic heterocycles. The normalized spacial score (nSPS) is 26.3. The maximum Gasteiger partial charge on any atom is 0.291 e. The van der Waals surface area contributed by atoms with Crippen LogP contribution in [0.5, 0.6) is 0 Å². The molecule has 3 atom stereocenters. The Morgan fingerprint density at radius 2 is 2.15 bits per heavy atom. The van der Waals surface area contributed by atoms with Crippen LogP contribution in [0.1, 0.15) is 38.7 Å². The van der Waals surface area contributed by atoms with Crippen LogP contribution in [0.25, 0.3) is 0 Å². The molecule has 0 aromatic carbocycles. The van der Waals surface area contributed by atoms with Crippen molar-refractivity contribution in [2.75, 3.05) is 5.32 Å². The summed E-state index contributed by atoms with van der Waals surface area (Å²) in [5.41, 5.74) is 0.663. The van der Waals surface area contributed by atoms with Crippen LogP contribution >= 0.6 is 15.9 Å². The van der Waals surface area contributed by atoms with Crippen LogP contribution in [0, 0.1) is 28.9 Å². The molecule has 1 saturated carbocycles. The zero-order chi connectivity index (χ0) is 14.9. The Kier molecular flexibility index (Phi) is 4.62. The molecule has 0 spiro atoms. The first-order valence-corrected chi connectivity index (χ1v) is 7.77. The van der Waals surface area contributed by atoms with Gasteiger partial charge in [0.25, 0.3) is 5.69 Å². The van der Waals surface area contributed by atoms with E-state index in [1.807, 2.05) is 0 Å². The smallest absolute Gasteiger partial charge is 0.291 e. The molecule has 2 rings (SSSR count). The monoisotopic (exact) mass is 341 g/mol. The minimum atomic E-state index is -0.401. The van der Waals surface area contributed by atoms with E-state index in [0.717, 1.165) is 6.42 Å². The second kappa shape index (κ2) is 6.08. The number of hydrogen-bond donors (Lipinski definition) is 1. The predicted molar refractivity (Wildman–Crippen MR) is 82.9 cm³/mol. The van der Waals surface area contributed by atoms with Crippen molar-refractivity contribution in [1.29, 1.82) is 0 Å². The molecule has 0 amide bonds. The Bertz CT molecular complexity index is 521. The second-order valence-corrected chi connectivity index (χ2v) is 6.50. The van der Waals surface area contributed by atoms with Crippen LogP contribution in [0.2, 0.25) is 0 Å². The SMILES string of the molecule is Cc1c([N+](=O)[O-])cnc(NC2CCCC(C)C2C)c1Br. The standard InChI is InChI=1S/C14H20BrN3O2/c1-8-5-4-6-11(9(8)2)17-14-13(15)10(3)12(7-16-14)18(19)20/h7-9,11H,4-6H2,1-3H3,(H,16,17). The summed E-state index contributed by atoms with van der Waals surface area (Å²) in [6.45, 7) is 6.28. The molecule has 1 heterocycles. The third-order valence-electron chi connectivity index (χ3n) is 4.46. The number of hydrogen-bond acceptors (Lipinski definition) is 4. The van der Waals surface area contributed by atoms with Crippen molar-refractivity contribution in [2.45, 2.75) is 46.1 Å². The first kappa shape index (κ1) is 15.2. The van der Waals surface area contributed by atoms with Gasteiger partial charge in [0.15, 0.2) is 0 Å². The van der Waals surface area contributed by atoms with Gasteiger partial charge >= 0.3 is 0 Å². The van der Waals surface area contributed by atoms with Gasteiger partial charge in [-0.2, -0.15) is 0 Å². The molecule has 0 saturated heterocycles. The lowest BCUT2D eigenvalue weighted by atomic mass is 9.78. The molecular formula is C14H20BrN3O2. The van der Waals surface area contributed by atoms with Crippen molar-refractivity contribution in [3.63, 3.8) is 0 Å². The van der Waals surface area contributed by atoms with Crippen molar-refractivity contribution in [1.82, 2.24) is 4.98 Å². The molecule has 0 radical (unpaired) electrons. The molecule has 1 aromatic rings. The molecule has 0 bridgehead atoms. The number of nitro groups is 1. The average molecular weight is 342 g/mol. The van der Waals surface area contributed by atoms with Gasteiger partial charge in [-0.05, 0) is 41.1 Å². The second-order valence-electron chi connectivity index (χ2n) is 5.71. The summed E-state index contributed by atoms with van der Waals surface area (Å²) < 4.78 is 0.692. The van der Waals surface area contributed by atoms with Gasteiger partial charge in [0, 0.05) is 11.6 Å². The summed E-state index contributed by atoms with van der Waals surface area (Å²) in [4.78, 5) is 14.7. The lowest BCUT2D eigenvalue weighted by Crippen LogP contribution is -2.35. The topological polar surface area (TPSA) is 68.1 Å². The van der Waals surface area contributed by atoms with Gasteiger partial charge in [0.2, 0.25) is 0 Å². The number of nitrogens with one attached hydrogen (secondary N) is 1. The van der Waals surface area contributed by atoms with Crippen molar-refractivity contribution >= 4 is 27.4 Å². The van der Waals surface area contributed by atoms with Crippen LogP contribution in [0.3, 0.4) is 0 Å². The summed E-state index contributed by atoms with van der Waals surface area (Å²) >= 11 is 3.43. The fraction of sp³-hybridized carbons (Fsp3) is 0.643. The van der Waals surface area contributed by atoms with Gasteiger partial charge in [0.05, 0.1) is 9.40 Å². The Balaban J connectivity index is 2.22. The summed E-state index contributed by atoms with van der Waals surface area (Å²) in [5, 5.41) is 14.4. The minimum absolute atomic E-state index is 0.0486. The maximum absolute atomic E-state index is 10.9. The van der Waals surface area contributed by atoms with Gasteiger partial charge in [0.1, 0.15) is 12.0 Å². The van der Waals surface area contributed by atoms with Gasteiger partial charge in [-0.1, -0.05) is 26.7 Å². The van der Waals surface area contributed by atoms with Crippen molar-refractivity contribution < 1.29 is 4.92 Å². The largest absolute Gasteiger partial charge is 0.366 e. The molecule has 3 unspecified atom stereocenters. The molecular weight excluding hydrogens is 322 g/mol. The fourth-order valence-electron chi connectivity index (χ4n) is 2.82. The van der Waals surface area contributed by atoms with Crippen molar-refractivity contribution in [2.24, 2.45) is 11.8 Å². The summed E-state index contributed by atoms with van der Waals surface area (Å²) in [7, 11) is 0. The Labute approximate surface area is 127 Å². The van der Waals surface area contributed by atoms with Crippen LogP contribution in [0.4, 0.5) is 11.5 Å². The number of aromatic nitrogens is 1. The third-order valence-corrected chi connectivity index (χ3v) is 5.43. The molecule has 1 N–H and O–H groups in total. The van der Waals surface area contributed by atoms with E-state index in [1.165, 1.54) is 19.0 Å². The zero-order valence-corrected chi connectivity index (χ0v) is 13.6. The number of anilines is 1. The summed E-state index contributed by atoms with van der Waals surface area (Å²) in [5.74, 6) is 1.98. The number of nitrogens with zero attached hydrogens (tertiary/aromatic N) is 2. The van der Waals surface area contributed by atoms with Crippen LogP contribution in [0.15, 0.2) is 10.7 Å². The van der Waals surface area contributed by atoms with Gasteiger partial charge in [-0.15, -0.1) is 0 Å². The third kappa shape index (κ3) is 2.95. The molecule has 6 heteroatoms. The molecule has 1 fully saturated rings. The Morgan fingerprint density at radius 1 is 1.45 bits per heavy atom. The molecule has 20 heavy (non-hydrogen) atoms. The lowest BCUT2D eigenvalue weighted by molar-refractivity contribution is -0.385. The van der Waals surface area contributed by atoms with Gasteiger partial charge in [-0.3, -0.25) is 10.1 Å². The fourth-order valence-corrected chi connectivity index (χ4v) is 3.24. The highest BCUT2D eigenvalue weighted by Crippen LogP contribution is 2.35. The number of rotatable bonds is 3. The Morgan fingerprint density at radius 3 is 2.80 bits per heavy atom. The molecule has 5 nitrogen and oxygen atoms in total. The van der Waals surface area contributed by atoms with E-state index >= 15 is 0 Å². The molecule has 1 aromatic heterocycles. The number of pyridine rings is 1. The van der Waals surface area contributed by atoms with Crippen LogP contribution in [-0.4, -0.2) is 15.9 Å². The van der Waals surface area contributed by atoms with Gasteiger partial charge in [-0.25, -0.2) is 4.98 Å². The molecule has 1 aliphatic carbocycles. The van der Waals surface area contributed by atoms with Crippen LogP contribution < -0.4 is 5.32 Å². The van der Waals surface area contributed by atoms with E-state index < -0.39 is 4.92 Å². The van der Waals surface area contributed by atoms with E-state index in [0.29, 0.717) is 33.7 Å². The highest BCUT2D eigenvalue weighted by Gasteiger charge is 2.28. The van der Waals surface area contributed by atoms with E-state index in [2.05, 4.69) is 40.1 Å². The maximum atomic E-state index is 10.9. The first-order valence-electron chi connectivity index (χ1n) is 6.97. The molecule has 1 aliphatic rings. The summed E-state index contributed by atoms with van der Waals surface area (Å²) in [6.07, 6.45) is 4.94. The first-order chi connectivity index (χ1) is 9.41.